The van der Waals surface area contributed by atoms with Crippen LogP contribution in [0, 0.1) is 6.92 Å². The smallest absolute Gasteiger partial charge is 0.290 e. The van der Waals surface area contributed by atoms with Crippen molar-refractivity contribution in [1.29, 1.82) is 0 Å². The van der Waals surface area contributed by atoms with Crippen LogP contribution in [0.4, 0.5) is 0 Å². The topological polar surface area (TPSA) is 126 Å². The average molecular weight is 356 g/mol. The lowest BCUT2D eigenvalue weighted by Crippen LogP contribution is -2.29. The normalized spacial score (nSPS) is 11.2. The Morgan fingerprint density at radius 1 is 1.35 bits per heavy atom. The number of aryl methyl sites for hydroxylation is 1. The van der Waals surface area contributed by atoms with E-state index in [1.165, 1.54) is 0 Å². The first-order valence-electron chi connectivity index (χ1n) is 7.94. The number of nitrogens with zero attached hydrogens (tertiary/aromatic N) is 4. The van der Waals surface area contributed by atoms with Gasteiger partial charge in [-0.1, -0.05) is 19.1 Å². The zero-order valence-electron chi connectivity index (χ0n) is 14.5. The van der Waals surface area contributed by atoms with E-state index in [9.17, 15) is 4.79 Å². The highest BCUT2D eigenvalue weighted by Gasteiger charge is 2.19. The van der Waals surface area contributed by atoms with Crippen LogP contribution < -0.4 is 5.32 Å². The number of amides is 1. The van der Waals surface area contributed by atoms with E-state index in [2.05, 4.69) is 25.5 Å². The van der Waals surface area contributed by atoms with E-state index in [0.29, 0.717) is 5.56 Å². The first-order chi connectivity index (χ1) is 12.6. The van der Waals surface area contributed by atoms with Crippen LogP contribution in [0.3, 0.4) is 0 Å². The molecule has 0 aliphatic rings. The van der Waals surface area contributed by atoms with Gasteiger partial charge in [-0.3, -0.25) is 14.2 Å². The molecule has 9 heteroatoms. The maximum atomic E-state index is 12.7. The molecule has 0 spiro atoms. The van der Waals surface area contributed by atoms with Gasteiger partial charge in [-0.25, -0.2) is 4.98 Å². The largest absolute Gasteiger partial charge is 0.483 e. The molecule has 1 aromatic carbocycles. The number of nitrogens with one attached hydrogen (secondary N) is 2. The summed E-state index contributed by atoms with van der Waals surface area (Å²) in [4.78, 5) is 28.5. The Bertz CT molecular complexity index is 844. The third kappa shape index (κ3) is 4.53. The van der Waals surface area contributed by atoms with Gasteiger partial charge >= 0.3 is 0 Å². The highest BCUT2D eigenvalue weighted by Crippen LogP contribution is 2.17. The molecule has 136 valence electrons. The van der Waals surface area contributed by atoms with Crippen molar-refractivity contribution in [2.24, 2.45) is 0 Å². The molecule has 26 heavy (non-hydrogen) atoms. The quantitative estimate of drug-likeness (QED) is 0.599. The number of carbonyl (C=O) groups is 2. The van der Waals surface area contributed by atoms with Crippen molar-refractivity contribution in [3.63, 3.8) is 0 Å². The maximum Gasteiger partial charge on any atom is 0.290 e. The second-order valence-electron chi connectivity index (χ2n) is 5.38. The van der Waals surface area contributed by atoms with E-state index in [1.807, 2.05) is 32.0 Å². The highest BCUT2D eigenvalue weighted by molar-refractivity contribution is 5.98. The van der Waals surface area contributed by atoms with Crippen molar-refractivity contribution in [1.82, 2.24) is 30.0 Å². The standard InChI is InChI=1S/C16H18N6O.CH2O2/c1-3-13(15-17-8-11(2)20-15)21-16(23)12-6-4-5-7-14(12)22-9-18-19-10-22;2-1-3/h4-10,13H,3H2,1-2H3,(H,17,20)(H,21,23);1H,(H,2,3). The van der Waals surface area contributed by atoms with E-state index in [1.54, 1.807) is 29.5 Å². The van der Waals surface area contributed by atoms with Crippen molar-refractivity contribution in [2.45, 2.75) is 26.3 Å². The molecule has 1 unspecified atom stereocenters. The average Bonchev–Trinajstić information content (AvgIpc) is 3.32. The van der Waals surface area contributed by atoms with E-state index < -0.39 is 0 Å². The number of H-pyrrole nitrogens is 1. The Balaban J connectivity index is 0.000000758. The van der Waals surface area contributed by atoms with Crippen LogP contribution in [-0.4, -0.2) is 42.2 Å². The molecule has 2 aromatic heterocycles. The van der Waals surface area contributed by atoms with Crippen LogP contribution in [0.15, 0.2) is 43.1 Å². The third-order valence-electron chi connectivity index (χ3n) is 3.61. The number of carbonyl (C=O) groups excluding carboxylic acids is 1. The lowest BCUT2D eigenvalue weighted by Gasteiger charge is -2.16. The Morgan fingerprint density at radius 2 is 2.00 bits per heavy atom. The number of para-hydroxylation sites is 1. The van der Waals surface area contributed by atoms with E-state index in [4.69, 9.17) is 9.90 Å². The molecule has 9 nitrogen and oxygen atoms in total. The van der Waals surface area contributed by atoms with Gasteiger partial charge in [-0.05, 0) is 25.5 Å². The molecule has 0 saturated carbocycles. The minimum Gasteiger partial charge on any atom is -0.483 e. The fourth-order valence-corrected chi connectivity index (χ4v) is 2.43. The molecular weight excluding hydrogens is 336 g/mol. The molecule has 0 radical (unpaired) electrons. The summed E-state index contributed by atoms with van der Waals surface area (Å²) in [6.07, 6.45) is 5.64. The number of imidazole rings is 1. The lowest BCUT2D eigenvalue weighted by atomic mass is 10.1. The molecule has 3 N–H and O–H groups in total. The molecule has 1 atom stereocenters. The second kappa shape index (κ2) is 9.11. The Kier molecular flexibility index (Phi) is 6.60. The van der Waals surface area contributed by atoms with Crippen LogP contribution in [-0.2, 0) is 4.79 Å². The second-order valence-corrected chi connectivity index (χ2v) is 5.38. The zero-order chi connectivity index (χ0) is 18.9. The Morgan fingerprint density at radius 3 is 2.58 bits per heavy atom. The summed E-state index contributed by atoms with van der Waals surface area (Å²) in [5.74, 6) is 0.607. The van der Waals surface area contributed by atoms with Crippen LogP contribution in [0.5, 0.6) is 0 Å². The van der Waals surface area contributed by atoms with Crippen LogP contribution in [0.2, 0.25) is 0 Å². The van der Waals surface area contributed by atoms with Crippen molar-refractivity contribution in [3.05, 3.63) is 60.2 Å². The van der Waals surface area contributed by atoms with Gasteiger partial charge in [0.05, 0.1) is 17.3 Å². The predicted octanol–water partition coefficient (Wildman–Crippen LogP) is 1.88. The van der Waals surface area contributed by atoms with Gasteiger partial charge in [0, 0.05) is 11.9 Å². The predicted molar refractivity (Wildman–Crippen MR) is 93.9 cm³/mol. The molecule has 0 bridgehead atoms. The summed E-state index contributed by atoms with van der Waals surface area (Å²) in [5.41, 5.74) is 2.27. The fourth-order valence-electron chi connectivity index (χ4n) is 2.43. The number of aromatic amines is 1. The number of carboxylic acid groups (broad SMARTS) is 1. The molecule has 0 fully saturated rings. The fraction of sp³-hybridized carbons (Fsp3) is 0.235. The summed E-state index contributed by atoms with van der Waals surface area (Å²) in [7, 11) is 0. The van der Waals surface area contributed by atoms with Gasteiger partial charge in [0.25, 0.3) is 12.4 Å². The molecule has 3 aromatic rings. The van der Waals surface area contributed by atoms with Crippen LogP contribution in [0.25, 0.3) is 5.69 Å². The van der Waals surface area contributed by atoms with Crippen LogP contribution >= 0.6 is 0 Å². The highest BCUT2D eigenvalue weighted by atomic mass is 16.3. The minimum atomic E-state index is -0.250. The summed E-state index contributed by atoms with van der Waals surface area (Å²) in [6, 6.07) is 7.19. The summed E-state index contributed by atoms with van der Waals surface area (Å²) < 4.78 is 1.72. The monoisotopic (exact) mass is 356 g/mol. The Hall–Kier alpha value is -3.49. The van der Waals surface area contributed by atoms with Gasteiger partial charge in [0.2, 0.25) is 0 Å². The summed E-state index contributed by atoms with van der Waals surface area (Å²) in [5, 5.41) is 17.5. The minimum absolute atomic E-state index is 0.157. The molecule has 1 amide bonds. The maximum absolute atomic E-state index is 12.7. The summed E-state index contributed by atoms with van der Waals surface area (Å²) in [6.45, 7) is 3.70. The van der Waals surface area contributed by atoms with E-state index >= 15 is 0 Å². The van der Waals surface area contributed by atoms with E-state index in [0.717, 1.165) is 23.6 Å². The number of hydrogen-bond donors (Lipinski definition) is 3. The van der Waals surface area contributed by atoms with Gasteiger partial charge in [0.1, 0.15) is 18.5 Å². The summed E-state index contributed by atoms with van der Waals surface area (Å²) >= 11 is 0. The molecule has 2 heterocycles. The molecule has 3 rings (SSSR count). The Labute approximate surface area is 150 Å². The first-order valence-corrected chi connectivity index (χ1v) is 7.94. The number of hydrogen-bond acceptors (Lipinski definition) is 5. The van der Waals surface area contributed by atoms with E-state index in [-0.39, 0.29) is 18.4 Å². The molecule has 0 aliphatic carbocycles. The van der Waals surface area contributed by atoms with Crippen molar-refractivity contribution in [2.75, 3.05) is 0 Å². The number of aromatic nitrogens is 5. The van der Waals surface area contributed by atoms with Gasteiger partial charge < -0.3 is 15.4 Å². The van der Waals surface area contributed by atoms with Crippen molar-refractivity contribution >= 4 is 12.4 Å². The van der Waals surface area contributed by atoms with Crippen molar-refractivity contribution < 1.29 is 14.7 Å². The number of rotatable bonds is 5. The van der Waals surface area contributed by atoms with Crippen LogP contribution in [0.1, 0.15) is 41.3 Å². The molecule has 0 saturated heterocycles. The first kappa shape index (κ1) is 18.8. The lowest BCUT2D eigenvalue weighted by molar-refractivity contribution is -0.122. The SMILES string of the molecule is CCC(NC(=O)c1ccccc1-n1cnnc1)c1ncc(C)[nH]1.O=CO. The van der Waals surface area contributed by atoms with Crippen molar-refractivity contribution in [3.8, 4) is 5.69 Å². The number of benzene rings is 1. The molecule has 0 aliphatic heterocycles. The van der Waals surface area contributed by atoms with Gasteiger partial charge in [0.15, 0.2) is 0 Å². The van der Waals surface area contributed by atoms with Gasteiger partial charge in [-0.15, -0.1) is 10.2 Å². The third-order valence-corrected chi connectivity index (χ3v) is 3.61. The molecular formula is C17H20N6O3. The zero-order valence-corrected chi connectivity index (χ0v) is 14.5. The van der Waals surface area contributed by atoms with Gasteiger partial charge in [-0.2, -0.15) is 0 Å².